The van der Waals surface area contributed by atoms with Crippen LogP contribution >= 0.6 is 0 Å². The zero-order valence-corrected chi connectivity index (χ0v) is 10.9. The SMILES string of the molecule is CNCc1ccc(OC2CCCCCC2O)cn1. The fourth-order valence-electron chi connectivity index (χ4n) is 2.33. The van der Waals surface area contributed by atoms with Crippen molar-refractivity contribution >= 4 is 0 Å². The van der Waals surface area contributed by atoms with E-state index in [0.29, 0.717) is 0 Å². The van der Waals surface area contributed by atoms with Gasteiger partial charge in [-0.2, -0.15) is 0 Å². The fourth-order valence-corrected chi connectivity index (χ4v) is 2.33. The van der Waals surface area contributed by atoms with Gasteiger partial charge in [0.25, 0.3) is 0 Å². The highest BCUT2D eigenvalue weighted by molar-refractivity contribution is 5.20. The van der Waals surface area contributed by atoms with Crippen molar-refractivity contribution in [2.45, 2.75) is 50.9 Å². The molecule has 0 aliphatic heterocycles. The number of aliphatic hydroxyl groups excluding tert-OH is 1. The maximum Gasteiger partial charge on any atom is 0.138 e. The van der Waals surface area contributed by atoms with Gasteiger partial charge in [0.2, 0.25) is 0 Å². The van der Waals surface area contributed by atoms with Gasteiger partial charge in [0.1, 0.15) is 11.9 Å². The van der Waals surface area contributed by atoms with E-state index in [-0.39, 0.29) is 12.2 Å². The van der Waals surface area contributed by atoms with Crippen LogP contribution in [0.4, 0.5) is 0 Å². The first-order chi connectivity index (χ1) is 8.79. The third-order valence-corrected chi connectivity index (χ3v) is 3.36. The van der Waals surface area contributed by atoms with Crippen molar-refractivity contribution < 1.29 is 9.84 Å². The molecular formula is C14H22N2O2. The molecule has 0 amide bonds. The summed E-state index contributed by atoms with van der Waals surface area (Å²) in [5, 5.41) is 13.1. The highest BCUT2D eigenvalue weighted by Gasteiger charge is 2.23. The Morgan fingerprint density at radius 1 is 1.33 bits per heavy atom. The van der Waals surface area contributed by atoms with Gasteiger partial charge in [-0.25, -0.2) is 0 Å². The smallest absolute Gasteiger partial charge is 0.138 e. The van der Waals surface area contributed by atoms with Crippen molar-refractivity contribution in [3.63, 3.8) is 0 Å². The lowest BCUT2D eigenvalue weighted by Crippen LogP contribution is -2.30. The first-order valence-electron chi connectivity index (χ1n) is 6.74. The van der Waals surface area contributed by atoms with Crippen molar-refractivity contribution in [3.8, 4) is 5.75 Å². The van der Waals surface area contributed by atoms with Crippen LogP contribution in [0.25, 0.3) is 0 Å². The van der Waals surface area contributed by atoms with E-state index >= 15 is 0 Å². The molecule has 18 heavy (non-hydrogen) atoms. The molecule has 0 bridgehead atoms. The van der Waals surface area contributed by atoms with Crippen LogP contribution in [-0.4, -0.2) is 29.3 Å². The molecule has 100 valence electrons. The van der Waals surface area contributed by atoms with Crippen LogP contribution in [0.5, 0.6) is 5.75 Å². The van der Waals surface area contributed by atoms with E-state index in [0.717, 1.165) is 43.7 Å². The standard InChI is InChI=1S/C14H22N2O2/c1-15-9-11-7-8-12(10-16-11)18-14-6-4-2-3-5-13(14)17/h7-8,10,13-15,17H,2-6,9H2,1H3. The van der Waals surface area contributed by atoms with Gasteiger partial charge in [-0.3, -0.25) is 4.98 Å². The molecule has 0 spiro atoms. The molecule has 0 aromatic carbocycles. The fraction of sp³-hybridized carbons (Fsp3) is 0.643. The van der Waals surface area contributed by atoms with Crippen LogP contribution in [0.1, 0.15) is 37.8 Å². The number of aromatic nitrogens is 1. The van der Waals surface area contributed by atoms with Gasteiger partial charge in [0, 0.05) is 6.54 Å². The predicted molar refractivity (Wildman–Crippen MR) is 70.5 cm³/mol. The summed E-state index contributed by atoms with van der Waals surface area (Å²) < 4.78 is 5.85. The van der Waals surface area contributed by atoms with E-state index in [4.69, 9.17) is 4.74 Å². The Balaban J connectivity index is 1.94. The maximum atomic E-state index is 9.99. The monoisotopic (exact) mass is 250 g/mol. The molecule has 1 aliphatic carbocycles. The quantitative estimate of drug-likeness (QED) is 0.801. The Bertz CT molecular complexity index is 353. The Labute approximate surface area is 108 Å². The number of hydrogen-bond donors (Lipinski definition) is 2. The molecule has 1 aromatic rings. The third-order valence-electron chi connectivity index (χ3n) is 3.36. The first kappa shape index (κ1) is 13.3. The van der Waals surface area contributed by atoms with Crippen LogP contribution in [0.15, 0.2) is 18.3 Å². The van der Waals surface area contributed by atoms with Crippen molar-refractivity contribution in [3.05, 3.63) is 24.0 Å². The molecule has 0 saturated heterocycles. The lowest BCUT2D eigenvalue weighted by molar-refractivity contribution is 0.0317. The highest BCUT2D eigenvalue weighted by atomic mass is 16.5. The summed E-state index contributed by atoms with van der Waals surface area (Å²) in [6.07, 6.45) is 6.51. The third kappa shape index (κ3) is 3.68. The van der Waals surface area contributed by atoms with Crippen molar-refractivity contribution in [1.82, 2.24) is 10.3 Å². The van der Waals surface area contributed by atoms with Crippen molar-refractivity contribution in [2.24, 2.45) is 0 Å². The molecule has 1 fully saturated rings. The van der Waals surface area contributed by atoms with E-state index in [1.807, 2.05) is 19.2 Å². The van der Waals surface area contributed by atoms with E-state index in [2.05, 4.69) is 10.3 Å². The van der Waals surface area contributed by atoms with Gasteiger partial charge < -0.3 is 15.2 Å². The lowest BCUT2D eigenvalue weighted by atomic mass is 10.1. The minimum atomic E-state index is -0.343. The molecule has 2 rings (SSSR count). The average molecular weight is 250 g/mol. The highest BCUT2D eigenvalue weighted by Crippen LogP contribution is 2.22. The summed E-state index contributed by atoms with van der Waals surface area (Å²) in [6, 6.07) is 3.88. The molecule has 0 radical (unpaired) electrons. The Morgan fingerprint density at radius 3 is 2.89 bits per heavy atom. The van der Waals surface area contributed by atoms with Crippen LogP contribution in [0.3, 0.4) is 0 Å². The minimum Gasteiger partial charge on any atom is -0.486 e. The summed E-state index contributed by atoms with van der Waals surface area (Å²) in [5.41, 5.74) is 0.992. The number of rotatable bonds is 4. The van der Waals surface area contributed by atoms with E-state index in [1.54, 1.807) is 6.20 Å². The Kier molecular flexibility index (Phi) is 4.96. The normalized spacial score (nSPS) is 24.6. The molecule has 2 unspecified atom stereocenters. The predicted octanol–water partition coefficient (Wildman–Crippen LogP) is 1.87. The van der Waals surface area contributed by atoms with E-state index < -0.39 is 0 Å². The van der Waals surface area contributed by atoms with Crippen LogP contribution in [0, 0.1) is 0 Å². The molecule has 2 N–H and O–H groups in total. The van der Waals surface area contributed by atoms with Crippen molar-refractivity contribution in [1.29, 1.82) is 0 Å². The topological polar surface area (TPSA) is 54.4 Å². The second-order valence-electron chi connectivity index (χ2n) is 4.88. The summed E-state index contributed by atoms with van der Waals surface area (Å²) in [4.78, 5) is 4.31. The molecule has 1 aromatic heterocycles. The number of ether oxygens (including phenoxy) is 1. The second-order valence-corrected chi connectivity index (χ2v) is 4.88. The Morgan fingerprint density at radius 2 is 2.17 bits per heavy atom. The van der Waals surface area contributed by atoms with E-state index in [1.165, 1.54) is 6.42 Å². The van der Waals surface area contributed by atoms with Crippen LogP contribution in [0.2, 0.25) is 0 Å². The number of nitrogens with zero attached hydrogens (tertiary/aromatic N) is 1. The molecule has 1 saturated carbocycles. The molecule has 1 heterocycles. The van der Waals surface area contributed by atoms with Gasteiger partial charge in [-0.15, -0.1) is 0 Å². The summed E-state index contributed by atoms with van der Waals surface area (Å²) in [7, 11) is 1.90. The minimum absolute atomic E-state index is 0.0792. The molecule has 4 heteroatoms. The second kappa shape index (κ2) is 6.71. The van der Waals surface area contributed by atoms with Gasteiger partial charge >= 0.3 is 0 Å². The molecule has 4 nitrogen and oxygen atoms in total. The molecular weight excluding hydrogens is 228 g/mol. The zero-order valence-electron chi connectivity index (χ0n) is 10.9. The summed E-state index contributed by atoms with van der Waals surface area (Å²) >= 11 is 0. The average Bonchev–Trinajstić information content (AvgIpc) is 2.58. The zero-order chi connectivity index (χ0) is 12.8. The summed E-state index contributed by atoms with van der Waals surface area (Å²) in [5.74, 6) is 0.751. The van der Waals surface area contributed by atoms with Crippen molar-refractivity contribution in [2.75, 3.05) is 7.05 Å². The first-order valence-corrected chi connectivity index (χ1v) is 6.74. The number of nitrogens with one attached hydrogen (secondary N) is 1. The number of hydrogen-bond acceptors (Lipinski definition) is 4. The number of aliphatic hydroxyl groups is 1. The lowest BCUT2D eigenvalue weighted by Gasteiger charge is -2.21. The summed E-state index contributed by atoms with van der Waals surface area (Å²) in [6.45, 7) is 0.756. The van der Waals surface area contributed by atoms with Crippen LogP contribution in [-0.2, 0) is 6.54 Å². The van der Waals surface area contributed by atoms with Gasteiger partial charge in [-0.05, 0) is 38.4 Å². The molecule has 1 aliphatic rings. The van der Waals surface area contributed by atoms with E-state index in [9.17, 15) is 5.11 Å². The van der Waals surface area contributed by atoms with Gasteiger partial charge in [-0.1, -0.05) is 12.8 Å². The van der Waals surface area contributed by atoms with Gasteiger partial charge in [0.15, 0.2) is 0 Å². The Hall–Kier alpha value is -1.13. The van der Waals surface area contributed by atoms with Crippen LogP contribution < -0.4 is 10.1 Å². The van der Waals surface area contributed by atoms with Gasteiger partial charge in [0.05, 0.1) is 18.0 Å². The molecule has 2 atom stereocenters. The maximum absolute atomic E-state index is 9.99. The number of pyridine rings is 1. The largest absolute Gasteiger partial charge is 0.486 e.